The molecule has 0 radical (unpaired) electrons. The molecule has 0 aliphatic heterocycles. The van der Waals surface area contributed by atoms with E-state index in [-0.39, 0.29) is 0 Å². The lowest BCUT2D eigenvalue weighted by atomic mass is 10.1. The van der Waals surface area contributed by atoms with Gasteiger partial charge in [-0.2, -0.15) is 0 Å². The van der Waals surface area contributed by atoms with E-state index in [1.807, 2.05) is 32.0 Å². The second-order valence-electron chi connectivity index (χ2n) is 5.79. The van der Waals surface area contributed by atoms with Gasteiger partial charge in [0.1, 0.15) is 5.75 Å². The summed E-state index contributed by atoms with van der Waals surface area (Å²) in [7, 11) is 0. The first kappa shape index (κ1) is 19.5. The number of carbonyl (C=O) groups is 2. The van der Waals surface area contributed by atoms with Gasteiger partial charge in [0, 0.05) is 11.1 Å². The van der Waals surface area contributed by atoms with Crippen LogP contribution < -0.4 is 15.6 Å². The summed E-state index contributed by atoms with van der Waals surface area (Å²) in [6.07, 6.45) is 2.10. The van der Waals surface area contributed by atoms with Gasteiger partial charge in [0.05, 0.1) is 0 Å². The molecule has 0 fully saturated rings. The van der Waals surface area contributed by atoms with Crippen molar-refractivity contribution < 1.29 is 14.3 Å². The molecule has 2 amide bonds. The van der Waals surface area contributed by atoms with E-state index in [1.54, 1.807) is 37.3 Å². The molecule has 5 nitrogen and oxygen atoms in total. The third-order valence-corrected chi connectivity index (χ3v) is 4.20. The molecule has 0 aliphatic carbocycles. The highest BCUT2D eigenvalue weighted by molar-refractivity contribution is 6.32. The maximum absolute atomic E-state index is 12.1. The van der Waals surface area contributed by atoms with Gasteiger partial charge in [-0.3, -0.25) is 20.4 Å². The minimum atomic E-state index is -0.761. The van der Waals surface area contributed by atoms with Crippen molar-refractivity contribution in [1.82, 2.24) is 10.9 Å². The largest absolute Gasteiger partial charge is 0.481 e. The summed E-state index contributed by atoms with van der Waals surface area (Å²) in [6, 6.07) is 12.8. The highest BCUT2D eigenvalue weighted by Crippen LogP contribution is 2.21. The Labute approximate surface area is 158 Å². The second-order valence-corrected chi connectivity index (χ2v) is 6.20. The molecular weight excluding hydrogens is 352 g/mol. The molecule has 2 aromatic carbocycles. The number of hydrogen-bond acceptors (Lipinski definition) is 3. The molecule has 0 saturated heterocycles. The van der Waals surface area contributed by atoms with Crippen molar-refractivity contribution in [3.63, 3.8) is 0 Å². The standard InChI is InChI=1S/C20H21ClN2O3/c1-13-7-6-10-18(14(13)2)26-15(3)20(25)23-22-19(24)12-11-16-8-4-5-9-17(16)21/h4-12,15H,1-3H3,(H,22,24)(H,23,25)/b12-11+/t15-/m0/s1. The highest BCUT2D eigenvalue weighted by atomic mass is 35.5. The van der Waals surface area contributed by atoms with Crippen LogP contribution in [-0.4, -0.2) is 17.9 Å². The normalized spacial score (nSPS) is 11.8. The van der Waals surface area contributed by atoms with Gasteiger partial charge in [0.15, 0.2) is 6.10 Å². The van der Waals surface area contributed by atoms with Gasteiger partial charge in [0.2, 0.25) is 0 Å². The third-order valence-electron chi connectivity index (χ3n) is 3.86. The quantitative estimate of drug-likeness (QED) is 0.622. The summed E-state index contributed by atoms with van der Waals surface area (Å²) in [5.74, 6) is -0.291. The monoisotopic (exact) mass is 372 g/mol. The summed E-state index contributed by atoms with van der Waals surface area (Å²) in [4.78, 5) is 23.9. The first-order valence-corrected chi connectivity index (χ1v) is 8.51. The molecule has 0 aliphatic rings. The van der Waals surface area contributed by atoms with Crippen molar-refractivity contribution in [3.05, 3.63) is 70.3 Å². The zero-order valence-corrected chi connectivity index (χ0v) is 15.6. The summed E-state index contributed by atoms with van der Waals surface area (Å²) < 4.78 is 5.67. The Morgan fingerprint density at radius 1 is 1.08 bits per heavy atom. The molecular formula is C20H21ClN2O3. The fourth-order valence-electron chi connectivity index (χ4n) is 2.14. The SMILES string of the molecule is Cc1cccc(O[C@@H](C)C(=O)NNC(=O)/C=C/c2ccccc2Cl)c1C. The molecule has 0 unspecified atom stereocenters. The second kappa shape index (κ2) is 9.06. The van der Waals surface area contributed by atoms with E-state index in [2.05, 4.69) is 10.9 Å². The Balaban J connectivity index is 1.86. The van der Waals surface area contributed by atoms with Crippen molar-refractivity contribution >= 4 is 29.5 Å². The van der Waals surface area contributed by atoms with Crippen LogP contribution in [0.25, 0.3) is 6.08 Å². The number of rotatable bonds is 5. The zero-order chi connectivity index (χ0) is 19.1. The number of benzene rings is 2. The van der Waals surface area contributed by atoms with E-state index in [4.69, 9.17) is 16.3 Å². The molecule has 26 heavy (non-hydrogen) atoms. The molecule has 1 atom stereocenters. The summed E-state index contributed by atoms with van der Waals surface area (Å²) >= 11 is 6.01. The summed E-state index contributed by atoms with van der Waals surface area (Å²) in [6.45, 7) is 5.51. The number of ether oxygens (including phenoxy) is 1. The zero-order valence-electron chi connectivity index (χ0n) is 14.9. The van der Waals surface area contributed by atoms with Gasteiger partial charge < -0.3 is 4.74 Å². The Morgan fingerprint density at radius 3 is 2.54 bits per heavy atom. The van der Waals surface area contributed by atoms with Crippen molar-refractivity contribution in [2.45, 2.75) is 26.9 Å². The molecule has 0 heterocycles. The number of nitrogens with one attached hydrogen (secondary N) is 2. The van der Waals surface area contributed by atoms with E-state index >= 15 is 0 Å². The van der Waals surface area contributed by atoms with Crippen LogP contribution in [-0.2, 0) is 9.59 Å². The van der Waals surface area contributed by atoms with Crippen molar-refractivity contribution in [2.75, 3.05) is 0 Å². The smallest absolute Gasteiger partial charge is 0.279 e. The van der Waals surface area contributed by atoms with E-state index < -0.39 is 17.9 Å². The van der Waals surface area contributed by atoms with Crippen LogP contribution in [0, 0.1) is 13.8 Å². The minimum Gasteiger partial charge on any atom is -0.481 e. The predicted molar refractivity (Wildman–Crippen MR) is 103 cm³/mol. The predicted octanol–water partition coefficient (Wildman–Crippen LogP) is 3.58. The fourth-order valence-corrected chi connectivity index (χ4v) is 2.34. The van der Waals surface area contributed by atoms with Gasteiger partial charge >= 0.3 is 0 Å². The van der Waals surface area contributed by atoms with Gasteiger partial charge in [0.25, 0.3) is 11.8 Å². The van der Waals surface area contributed by atoms with Gasteiger partial charge in [-0.15, -0.1) is 0 Å². The van der Waals surface area contributed by atoms with Gasteiger partial charge in [-0.1, -0.05) is 41.9 Å². The maximum Gasteiger partial charge on any atom is 0.279 e. The molecule has 6 heteroatoms. The Hall–Kier alpha value is -2.79. The lowest BCUT2D eigenvalue weighted by Crippen LogP contribution is -2.46. The van der Waals surface area contributed by atoms with Crippen molar-refractivity contribution in [3.8, 4) is 5.75 Å². The van der Waals surface area contributed by atoms with Crippen LogP contribution in [0.4, 0.5) is 0 Å². The lowest BCUT2D eigenvalue weighted by Gasteiger charge is -2.17. The average Bonchev–Trinajstić information content (AvgIpc) is 2.62. The van der Waals surface area contributed by atoms with Crippen LogP contribution in [0.5, 0.6) is 5.75 Å². The van der Waals surface area contributed by atoms with Gasteiger partial charge in [-0.25, -0.2) is 0 Å². The highest BCUT2D eigenvalue weighted by Gasteiger charge is 2.16. The fraction of sp³-hybridized carbons (Fsp3) is 0.200. The maximum atomic E-state index is 12.1. The van der Waals surface area contributed by atoms with Crippen LogP contribution in [0.1, 0.15) is 23.6 Å². The number of hydrazine groups is 1. The van der Waals surface area contributed by atoms with E-state index in [9.17, 15) is 9.59 Å². The summed E-state index contributed by atoms with van der Waals surface area (Å²) in [5.41, 5.74) is 7.41. The van der Waals surface area contributed by atoms with Crippen LogP contribution in [0.3, 0.4) is 0 Å². The Bertz CT molecular complexity index is 834. The molecule has 2 N–H and O–H groups in total. The number of carbonyl (C=O) groups excluding carboxylic acids is 2. The molecule has 0 spiro atoms. The van der Waals surface area contributed by atoms with Crippen molar-refractivity contribution in [2.24, 2.45) is 0 Å². The first-order chi connectivity index (χ1) is 12.4. The number of amides is 2. The third kappa shape index (κ3) is 5.36. The Morgan fingerprint density at radius 2 is 1.81 bits per heavy atom. The molecule has 2 aromatic rings. The number of halogens is 1. The van der Waals surface area contributed by atoms with Crippen LogP contribution >= 0.6 is 11.6 Å². The van der Waals surface area contributed by atoms with Crippen LogP contribution in [0.2, 0.25) is 5.02 Å². The van der Waals surface area contributed by atoms with E-state index in [0.29, 0.717) is 16.3 Å². The minimum absolute atomic E-state index is 0.453. The topological polar surface area (TPSA) is 67.4 Å². The molecule has 0 bridgehead atoms. The number of aryl methyl sites for hydroxylation is 1. The van der Waals surface area contributed by atoms with E-state index in [1.165, 1.54) is 6.08 Å². The average molecular weight is 373 g/mol. The Kier molecular flexibility index (Phi) is 6.81. The number of hydrogen-bond donors (Lipinski definition) is 2. The first-order valence-electron chi connectivity index (χ1n) is 8.14. The van der Waals surface area contributed by atoms with Crippen molar-refractivity contribution in [1.29, 1.82) is 0 Å². The summed E-state index contributed by atoms with van der Waals surface area (Å²) in [5, 5.41) is 0.538. The molecule has 0 aromatic heterocycles. The van der Waals surface area contributed by atoms with E-state index in [0.717, 1.165) is 11.1 Å². The van der Waals surface area contributed by atoms with Gasteiger partial charge in [-0.05, 0) is 55.7 Å². The molecule has 0 saturated carbocycles. The molecule has 2 rings (SSSR count). The van der Waals surface area contributed by atoms with Crippen LogP contribution in [0.15, 0.2) is 48.5 Å². The lowest BCUT2D eigenvalue weighted by molar-refractivity contribution is -0.131. The molecule has 136 valence electrons.